The maximum atomic E-state index is 12.9. The topological polar surface area (TPSA) is 114 Å². The standard InChI is InChI=1S/C27H31N3O6S/c1-5-30(37(4,33)34)21-13-11-20(12-14-21)26(31)29-23-9-7-6-8-22(23)27(32)28-17-16-19-10-15-24(35-2)25(18-19)36-3/h6-15,18H,5,16-17H2,1-4H3,(H,28,32)(H,29,31). The van der Waals surface area contributed by atoms with Crippen molar-refractivity contribution < 1.29 is 27.5 Å². The van der Waals surface area contributed by atoms with Crippen molar-refractivity contribution >= 4 is 33.2 Å². The van der Waals surface area contributed by atoms with E-state index in [1.54, 1.807) is 69.7 Å². The number of nitrogens with zero attached hydrogens (tertiary/aromatic N) is 1. The predicted octanol–water partition coefficient (Wildman–Crippen LogP) is 3.71. The van der Waals surface area contributed by atoms with E-state index in [-0.39, 0.29) is 12.5 Å². The molecule has 0 aliphatic rings. The Bertz CT molecular complexity index is 1360. The quantitative estimate of drug-likeness (QED) is 0.395. The van der Waals surface area contributed by atoms with Gasteiger partial charge in [-0.3, -0.25) is 13.9 Å². The predicted molar refractivity (Wildman–Crippen MR) is 144 cm³/mol. The summed E-state index contributed by atoms with van der Waals surface area (Å²) in [5, 5.41) is 5.66. The summed E-state index contributed by atoms with van der Waals surface area (Å²) < 4.78 is 35.7. The van der Waals surface area contributed by atoms with Crippen LogP contribution in [-0.2, 0) is 16.4 Å². The lowest BCUT2D eigenvalue weighted by atomic mass is 10.1. The molecule has 0 radical (unpaired) electrons. The normalized spacial score (nSPS) is 10.9. The number of rotatable bonds is 11. The van der Waals surface area contributed by atoms with Gasteiger partial charge in [-0.25, -0.2) is 8.42 Å². The van der Waals surface area contributed by atoms with Crippen LogP contribution in [-0.4, -0.2) is 53.8 Å². The van der Waals surface area contributed by atoms with Crippen LogP contribution in [0.5, 0.6) is 11.5 Å². The number of sulfonamides is 1. The molecule has 0 aromatic heterocycles. The fraction of sp³-hybridized carbons (Fsp3) is 0.259. The number of hydrogen-bond donors (Lipinski definition) is 2. The highest BCUT2D eigenvalue weighted by Crippen LogP contribution is 2.27. The van der Waals surface area contributed by atoms with E-state index in [0.717, 1.165) is 11.8 Å². The second-order valence-corrected chi connectivity index (χ2v) is 10.1. The van der Waals surface area contributed by atoms with Crippen LogP contribution in [0.4, 0.5) is 11.4 Å². The summed E-state index contributed by atoms with van der Waals surface area (Å²) >= 11 is 0. The fourth-order valence-electron chi connectivity index (χ4n) is 3.82. The third kappa shape index (κ3) is 7.01. The molecule has 3 aromatic rings. The second kappa shape index (κ2) is 12.3. The molecule has 0 heterocycles. The van der Waals surface area contributed by atoms with Gasteiger partial charge in [-0.05, 0) is 67.4 Å². The molecule has 3 aromatic carbocycles. The minimum atomic E-state index is -3.42. The summed E-state index contributed by atoms with van der Waals surface area (Å²) in [6.07, 6.45) is 1.71. The van der Waals surface area contributed by atoms with Gasteiger partial charge in [0.25, 0.3) is 11.8 Å². The van der Waals surface area contributed by atoms with Gasteiger partial charge in [0.2, 0.25) is 10.0 Å². The van der Waals surface area contributed by atoms with Crippen molar-refractivity contribution in [3.8, 4) is 11.5 Å². The molecule has 2 amide bonds. The van der Waals surface area contributed by atoms with Gasteiger partial charge in [-0.15, -0.1) is 0 Å². The molecule has 196 valence electrons. The molecule has 0 saturated carbocycles. The summed E-state index contributed by atoms with van der Waals surface area (Å²) in [7, 11) is -0.281. The van der Waals surface area contributed by atoms with Gasteiger partial charge in [0.1, 0.15) is 0 Å². The van der Waals surface area contributed by atoms with Crippen LogP contribution in [0, 0.1) is 0 Å². The number of amides is 2. The Morgan fingerprint density at radius 1 is 0.892 bits per heavy atom. The van der Waals surface area contributed by atoms with Gasteiger partial charge in [0.15, 0.2) is 11.5 Å². The second-order valence-electron chi connectivity index (χ2n) is 8.17. The molecule has 2 N–H and O–H groups in total. The average Bonchev–Trinajstić information content (AvgIpc) is 2.88. The van der Waals surface area contributed by atoms with Crippen LogP contribution in [0.15, 0.2) is 66.7 Å². The van der Waals surface area contributed by atoms with E-state index in [0.29, 0.717) is 47.0 Å². The summed E-state index contributed by atoms with van der Waals surface area (Å²) in [4.78, 5) is 25.7. The molecule has 0 aliphatic heterocycles. The lowest BCUT2D eigenvalue weighted by molar-refractivity contribution is 0.0955. The smallest absolute Gasteiger partial charge is 0.255 e. The highest BCUT2D eigenvalue weighted by molar-refractivity contribution is 7.92. The van der Waals surface area contributed by atoms with Crippen LogP contribution in [0.25, 0.3) is 0 Å². The van der Waals surface area contributed by atoms with Gasteiger partial charge in [0.05, 0.1) is 37.4 Å². The molecular weight excluding hydrogens is 494 g/mol. The maximum absolute atomic E-state index is 12.9. The average molecular weight is 526 g/mol. The molecule has 0 atom stereocenters. The zero-order valence-corrected chi connectivity index (χ0v) is 22.1. The van der Waals surface area contributed by atoms with E-state index < -0.39 is 15.9 Å². The Balaban J connectivity index is 1.66. The lowest BCUT2D eigenvalue weighted by Crippen LogP contribution is -2.29. The van der Waals surface area contributed by atoms with Crippen molar-refractivity contribution in [2.75, 3.05) is 43.2 Å². The van der Waals surface area contributed by atoms with E-state index in [2.05, 4.69) is 10.6 Å². The number of benzene rings is 3. The van der Waals surface area contributed by atoms with Gasteiger partial charge < -0.3 is 20.1 Å². The minimum Gasteiger partial charge on any atom is -0.493 e. The SMILES string of the molecule is CCN(c1ccc(C(=O)Nc2ccccc2C(=O)NCCc2ccc(OC)c(OC)c2)cc1)S(C)(=O)=O. The van der Waals surface area contributed by atoms with E-state index in [4.69, 9.17) is 9.47 Å². The molecule has 10 heteroatoms. The Labute approximate surface area is 217 Å². The van der Waals surface area contributed by atoms with Crippen molar-refractivity contribution in [3.63, 3.8) is 0 Å². The fourth-order valence-corrected chi connectivity index (χ4v) is 4.80. The van der Waals surface area contributed by atoms with E-state index in [9.17, 15) is 18.0 Å². The van der Waals surface area contributed by atoms with Gasteiger partial charge in [-0.2, -0.15) is 0 Å². The van der Waals surface area contributed by atoms with Gasteiger partial charge >= 0.3 is 0 Å². The summed E-state index contributed by atoms with van der Waals surface area (Å²) in [6.45, 7) is 2.39. The number of ether oxygens (including phenoxy) is 2. The molecule has 0 spiro atoms. The summed E-state index contributed by atoms with van der Waals surface area (Å²) in [5.74, 6) is 0.511. The van der Waals surface area contributed by atoms with E-state index in [1.165, 1.54) is 4.31 Å². The first-order valence-electron chi connectivity index (χ1n) is 11.6. The van der Waals surface area contributed by atoms with Crippen molar-refractivity contribution in [2.24, 2.45) is 0 Å². The van der Waals surface area contributed by atoms with Crippen molar-refractivity contribution in [1.29, 1.82) is 0 Å². The summed E-state index contributed by atoms with van der Waals surface area (Å²) in [6, 6.07) is 18.6. The Hall–Kier alpha value is -4.05. The number of anilines is 2. The molecule has 9 nitrogen and oxygen atoms in total. The Kier molecular flexibility index (Phi) is 9.13. The van der Waals surface area contributed by atoms with Crippen LogP contribution < -0.4 is 24.4 Å². The monoisotopic (exact) mass is 525 g/mol. The number of carbonyl (C=O) groups excluding carboxylic acids is 2. The first-order valence-corrected chi connectivity index (χ1v) is 13.5. The Morgan fingerprint density at radius 2 is 1.57 bits per heavy atom. The molecule has 0 fully saturated rings. The molecular formula is C27H31N3O6S. The Morgan fingerprint density at radius 3 is 2.19 bits per heavy atom. The maximum Gasteiger partial charge on any atom is 0.255 e. The third-order valence-electron chi connectivity index (χ3n) is 5.67. The van der Waals surface area contributed by atoms with Crippen molar-refractivity contribution in [1.82, 2.24) is 5.32 Å². The third-order valence-corrected chi connectivity index (χ3v) is 6.94. The van der Waals surface area contributed by atoms with Crippen LogP contribution in [0.1, 0.15) is 33.2 Å². The van der Waals surface area contributed by atoms with Crippen molar-refractivity contribution in [2.45, 2.75) is 13.3 Å². The number of hydrogen-bond acceptors (Lipinski definition) is 6. The molecule has 0 bridgehead atoms. The zero-order valence-electron chi connectivity index (χ0n) is 21.3. The van der Waals surface area contributed by atoms with Crippen molar-refractivity contribution in [3.05, 3.63) is 83.4 Å². The minimum absolute atomic E-state index is 0.277. The number of methoxy groups -OCH3 is 2. The lowest BCUT2D eigenvalue weighted by Gasteiger charge is -2.20. The molecule has 0 aliphatic carbocycles. The zero-order chi connectivity index (χ0) is 27.0. The highest BCUT2D eigenvalue weighted by atomic mass is 32.2. The molecule has 0 saturated heterocycles. The molecule has 3 rings (SSSR count). The van der Waals surface area contributed by atoms with Gasteiger partial charge in [0, 0.05) is 18.7 Å². The number of para-hydroxylation sites is 1. The number of carbonyl (C=O) groups is 2. The van der Waals surface area contributed by atoms with Gasteiger partial charge in [-0.1, -0.05) is 18.2 Å². The number of nitrogens with one attached hydrogen (secondary N) is 2. The van der Waals surface area contributed by atoms with E-state index in [1.807, 2.05) is 18.2 Å². The van der Waals surface area contributed by atoms with Crippen LogP contribution in [0.2, 0.25) is 0 Å². The molecule has 37 heavy (non-hydrogen) atoms. The summed E-state index contributed by atoms with van der Waals surface area (Å²) in [5.41, 5.74) is 2.47. The largest absolute Gasteiger partial charge is 0.493 e. The highest BCUT2D eigenvalue weighted by Gasteiger charge is 2.17. The van der Waals surface area contributed by atoms with Crippen LogP contribution >= 0.6 is 0 Å². The van der Waals surface area contributed by atoms with E-state index >= 15 is 0 Å². The first-order chi connectivity index (χ1) is 17.7. The van der Waals surface area contributed by atoms with Crippen LogP contribution in [0.3, 0.4) is 0 Å². The molecule has 0 unspecified atom stereocenters. The first kappa shape index (κ1) is 27.5.